The molecular weight excluding hydrogens is 240 g/mol. The van der Waals surface area contributed by atoms with Crippen molar-refractivity contribution in [1.82, 2.24) is 5.32 Å². The Bertz CT molecular complexity index is 462. The van der Waals surface area contributed by atoms with Crippen LogP contribution in [0.1, 0.15) is 30.1 Å². The van der Waals surface area contributed by atoms with Crippen molar-refractivity contribution in [3.63, 3.8) is 0 Å². The molecule has 2 N–H and O–H groups in total. The molecule has 0 atom stereocenters. The molecule has 1 aromatic rings. The van der Waals surface area contributed by atoms with Crippen LogP contribution in [0.5, 0.6) is 0 Å². The minimum absolute atomic E-state index is 0.0356. The molecule has 2 fully saturated rings. The molecule has 19 heavy (non-hydrogen) atoms. The summed E-state index contributed by atoms with van der Waals surface area (Å²) in [5.41, 5.74) is 2.04. The van der Waals surface area contributed by atoms with E-state index in [1.165, 1.54) is 0 Å². The van der Waals surface area contributed by atoms with Crippen LogP contribution < -0.4 is 10.6 Å². The number of anilines is 1. The zero-order valence-corrected chi connectivity index (χ0v) is 11.2. The first-order valence-corrected chi connectivity index (χ1v) is 6.87. The van der Waals surface area contributed by atoms with E-state index in [0.29, 0.717) is 6.04 Å². The summed E-state index contributed by atoms with van der Waals surface area (Å²) in [5, 5.41) is 6.38. The Morgan fingerprint density at radius 1 is 1.32 bits per heavy atom. The highest BCUT2D eigenvalue weighted by Gasteiger charge is 2.32. The minimum Gasteiger partial charge on any atom is -0.384 e. The van der Waals surface area contributed by atoms with E-state index in [1.807, 2.05) is 24.3 Å². The molecule has 1 saturated carbocycles. The van der Waals surface area contributed by atoms with Gasteiger partial charge in [0.2, 0.25) is 0 Å². The fraction of sp³-hybridized carbons (Fsp3) is 0.533. The van der Waals surface area contributed by atoms with Gasteiger partial charge in [-0.05, 0) is 37.1 Å². The highest BCUT2D eigenvalue weighted by Crippen LogP contribution is 2.26. The van der Waals surface area contributed by atoms with Crippen LogP contribution in [-0.2, 0) is 4.74 Å². The molecule has 1 saturated heterocycles. The van der Waals surface area contributed by atoms with Gasteiger partial charge in [0.15, 0.2) is 0 Å². The lowest BCUT2D eigenvalue weighted by molar-refractivity contribution is -0.0924. The lowest BCUT2D eigenvalue weighted by Crippen LogP contribution is -2.45. The monoisotopic (exact) mass is 260 g/mol. The van der Waals surface area contributed by atoms with Gasteiger partial charge in [-0.15, -0.1) is 0 Å². The molecule has 102 valence electrons. The van der Waals surface area contributed by atoms with Crippen LogP contribution in [-0.4, -0.2) is 31.7 Å². The largest absolute Gasteiger partial charge is 0.384 e. The van der Waals surface area contributed by atoms with Crippen molar-refractivity contribution in [2.24, 2.45) is 5.41 Å². The minimum atomic E-state index is 0.0356. The molecule has 4 heteroatoms. The van der Waals surface area contributed by atoms with Gasteiger partial charge < -0.3 is 15.4 Å². The molecule has 0 bridgehead atoms. The van der Waals surface area contributed by atoms with Gasteiger partial charge in [-0.25, -0.2) is 0 Å². The van der Waals surface area contributed by atoms with Gasteiger partial charge in [-0.3, -0.25) is 4.79 Å². The van der Waals surface area contributed by atoms with Crippen LogP contribution in [0.25, 0.3) is 0 Å². The summed E-state index contributed by atoms with van der Waals surface area (Å²) in [6, 6.07) is 8.08. The Morgan fingerprint density at radius 3 is 2.53 bits per heavy atom. The molecule has 0 radical (unpaired) electrons. The Morgan fingerprint density at radius 2 is 2.00 bits per heavy atom. The summed E-state index contributed by atoms with van der Waals surface area (Å²) in [5.74, 6) is 0.0356. The molecule has 3 rings (SSSR count). The summed E-state index contributed by atoms with van der Waals surface area (Å²) in [6.45, 7) is 4.76. The number of carbonyl (C=O) groups is 1. The maximum atomic E-state index is 11.8. The normalized spacial score (nSPS) is 20.5. The second kappa shape index (κ2) is 4.85. The van der Waals surface area contributed by atoms with Crippen LogP contribution in [0.2, 0.25) is 0 Å². The van der Waals surface area contributed by atoms with Gasteiger partial charge >= 0.3 is 0 Å². The Kier molecular flexibility index (Phi) is 3.19. The molecule has 0 aromatic heterocycles. The Labute approximate surface area is 113 Å². The molecule has 1 amide bonds. The summed E-state index contributed by atoms with van der Waals surface area (Å²) >= 11 is 0. The van der Waals surface area contributed by atoms with Crippen LogP contribution >= 0.6 is 0 Å². The van der Waals surface area contributed by atoms with Gasteiger partial charge in [0.05, 0.1) is 13.2 Å². The number of amides is 1. The van der Waals surface area contributed by atoms with Crippen molar-refractivity contribution < 1.29 is 9.53 Å². The molecule has 1 aliphatic carbocycles. The van der Waals surface area contributed by atoms with E-state index < -0.39 is 0 Å². The molecule has 1 aromatic carbocycles. The third-order valence-corrected chi connectivity index (χ3v) is 3.68. The number of ether oxygens (including phenoxy) is 1. The lowest BCUT2D eigenvalue weighted by atomic mass is 9.88. The van der Waals surface area contributed by atoms with E-state index in [4.69, 9.17) is 4.74 Å². The predicted octanol–water partition coefficient (Wildman–Crippen LogP) is 2.03. The number of carbonyl (C=O) groups excluding carboxylic acids is 1. The first-order chi connectivity index (χ1) is 9.15. The Hall–Kier alpha value is -1.55. The zero-order valence-electron chi connectivity index (χ0n) is 11.2. The van der Waals surface area contributed by atoms with Gasteiger partial charge in [0, 0.05) is 29.3 Å². The first kappa shape index (κ1) is 12.5. The van der Waals surface area contributed by atoms with Crippen molar-refractivity contribution in [3.05, 3.63) is 29.8 Å². The van der Waals surface area contributed by atoms with Gasteiger partial charge in [-0.2, -0.15) is 0 Å². The Balaban J connectivity index is 1.54. The molecule has 4 nitrogen and oxygen atoms in total. The van der Waals surface area contributed by atoms with Crippen molar-refractivity contribution in [3.8, 4) is 0 Å². The fourth-order valence-electron chi connectivity index (χ4n) is 2.10. The molecule has 1 aliphatic heterocycles. The SMILES string of the molecule is CC1(CNc2ccc(C(=O)NC3CC3)cc2)COC1. The average Bonchev–Trinajstić information content (AvgIpc) is 3.18. The van der Waals surface area contributed by atoms with Gasteiger partial charge in [0.25, 0.3) is 5.91 Å². The van der Waals surface area contributed by atoms with Crippen LogP contribution in [0.4, 0.5) is 5.69 Å². The number of nitrogens with one attached hydrogen (secondary N) is 2. The molecule has 0 spiro atoms. The first-order valence-electron chi connectivity index (χ1n) is 6.87. The number of hydrogen-bond acceptors (Lipinski definition) is 3. The van der Waals surface area contributed by atoms with Crippen LogP contribution in [0.15, 0.2) is 24.3 Å². The second-order valence-electron chi connectivity index (χ2n) is 5.98. The quantitative estimate of drug-likeness (QED) is 0.851. The smallest absolute Gasteiger partial charge is 0.251 e. The van der Waals surface area contributed by atoms with Crippen LogP contribution in [0.3, 0.4) is 0 Å². The van der Waals surface area contributed by atoms with Gasteiger partial charge in [0.1, 0.15) is 0 Å². The molecular formula is C15H20N2O2. The number of benzene rings is 1. The summed E-state index contributed by atoms with van der Waals surface area (Å²) < 4.78 is 5.23. The van der Waals surface area contributed by atoms with E-state index >= 15 is 0 Å². The van der Waals surface area contributed by atoms with Gasteiger partial charge in [-0.1, -0.05) is 6.92 Å². The predicted molar refractivity (Wildman–Crippen MR) is 74.3 cm³/mol. The summed E-state index contributed by atoms with van der Waals surface area (Å²) in [6.07, 6.45) is 2.23. The van der Waals surface area contributed by atoms with Crippen molar-refractivity contribution in [2.45, 2.75) is 25.8 Å². The molecule has 2 aliphatic rings. The van der Waals surface area contributed by atoms with E-state index in [2.05, 4.69) is 17.6 Å². The van der Waals surface area contributed by atoms with Crippen molar-refractivity contribution in [2.75, 3.05) is 25.1 Å². The van der Waals surface area contributed by atoms with E-state index in [1.54, 1.807) is 0 Å². The van der Waals surface area contributed by atoms with E-state index in [9.17, 15) is 4.79 Å². The third-order valence-electron chi connectivity index (χ3n) is 3.68. The number of hydrogen-bond donors (Lipinski definition) is 2. The van der Waals surface area contributed by atoms with E-state index in [0.717, 1.165) is 43.9 Å². The average molecular weight is 260 g/mol. The fourth-order valence-corrected chi connectivity index (χ4v) is 2.10. The zero-order chi connectivity index (χ0) is 13.3. The van der Waals surface area contributed by atoms with Crippen molar-refractivity contribution >= 4 is 11.6 Å². The van der Waals surface area contributed by atoms with Crippen LogP contribution in [0, 0.1) is 5.41 Å². The summed E-state index contributed by atoms with van der Waals surface area (Å²) in [7, 11) is 0. The highest BCUT2D eigenvalue weighted by atomic mass is 16.5. The highest BCUT2D eigenvalue weighted by molar-refractivity contribution is 5.94. The molecule has 1 heterocycles. The third kappa shape index (κ3) is 3.07. The standard InChI is InChI=1S/C15H20N2O2/c1-15(9-19-10-15)8-16-12-4-2-11(3-5-12)14(18)17-13-6-7-13/h2-5,13,16H,6-10H2,1H3,(H,17,18). The lowest BCUT2D eigenvalue weighted by Gasteiger charge is -2.38. The van der Waals surface area contributed by atoms with E-state index in [-0.39, 0.29) is 11.3 Å². The molecule has 0 unspecified atom stereocenters. The number of rotatable bonds is 5. The van der Waals surface area contributed by atoms with Crippen molar-refractivity contribution in [1.29, 1.82) is 0 Å². The maximum absolute atomic E-state index is 11.8. The second-order valence-corrected chi connectivity index (χ2v) is 5.98. The topological polar surface area (TPSA) is 50.4 Å². The summed E-state index contributed by atoms with van der Waals surface area (Å²) in [4.78, 5) is 11.8. The maximum Gasteiger partial charge on any atom is 0.251 e.